The second-order valence-corrected chi connectivity index (χ2v) is 49.8. The maximum absolute atomic E-state index is 14.3. The molecule has 0 amide bonds. The van der Waals surface area contributed by atoms with Gasteiger partial charge in [-0.25, -0.2) is 0 Å². The molecule has 8 heterocycles. The summed E-state index contributed by atoms with van der Waals surface area (Å²) in [6.07, 6.45) is 5.17. The molecule has 0 bridgehead atoms. The number of hydrogen-bond donors (Lipinski definition) is 8. The quantitative estimate of drug-likeness (QED) is 0.0710. The second-order valence-electron chi connectivity index (χ2n) is 49.8. The molecule has 20 rings (SSSR count). The molecule has 0 spiro atoms. The number of nitrogens with one attached hydrogen (secondary N) is 8. The fourth-order valence-corrected chi connectivity index (χ4v) is 21.7. The summed E-state index contributed by atoms with van der Waals surface area (Å²) < 4.78 is 0. The molecule has 20 aromatic rings. The molecular weight excluding hydrogens is 1830 g/mol. The van der Waals surface area contributed by atoms with Crippen LogP contribution < -0.4 is 43.4 Å². The van der Waals surface area contributed by atoms with E-state index in [0.29, 0.717) is 120 Å². The first-order chi connectivity index (χ1) is 69.1. The van der Waals surface area contributed by atoms with Gasteiger partial charge in [-0.05, 0) is 270 Å². The van der Waals surface area contributed by atoms with Crippen molar-refractivity contribution in [1.82, 2.24) is 39.9 Å². The highest BCUT2D eigenvalue weighted by Gasteiger charge is 2.33. The Bertz CT molecular complexity index is 9250. The molecule has 8 aromatic heterocycles. The molecular formula is C132H156N8O8. The molecule has 0 fully saturated rings. The maximum Gasteiger partial charge on any atom is 0.197 e. The number of aromatic nitrogens is 8. The Morgan fingerprint density at radius 2 is 0.514 bits per heavy atom. The van der Waals surface area contributed by atoms with E-state index in [4.69, 9.17) is 0 Å². The van der Waals surface area contributed by atoms with Crippen molar-refractivity contribution in [2.75, 3.05) is 0 Å². The van der Waals surface area contributed by atoms with Gasteiger partial charge in [-0.1, -0.05) is 308 Å². The van der Waals surface area contributed by atoms with Gasteiger partial charge >= 0.3 is 0 Å². The molecule has 0 radical (unpaired) electrons. The van der Waals surface area contributed by atoms with Gasteiger partial charge in [0.25, 0.3) is 0 Å². The summed E-state index contributed by atoms with van der Waals surface area (Å²) in [5, 5.41) is 10.5. The van der Waals surface area contributed by atoms with Crippen LogP contribution in [0.25, 0.3) is 174 Å². The third-order valence-corrected chi connectivity index (χ3v) is 29.4. The summed E-state index contributed by atoms with van der Waals surface area (Å²) in [4.78, 5) is 139. The van der Waals surface area contributed by atoms with Crippen molar-refractivity contribution in [2.24, 2.45) is 0 Å². The van der Waals surface area contributed by atoms with Crippen molar-refractivity contribution in [3.63, 3.8) is 0 Å². The lowest BCUT2D eigenvalue weighted by Crippen LogP contribution is -2.21. The van der Waals surface area contributed by atoms with Crippen LogP contribution in [0, 0.1) is 27.7 Å². The van der Waals surface area contributed by atoms with Crippen molar-refractivity contribution < 1.29 is 0 Å². The van der Waals surface area contributed by atoms with Gasteiger partial charge in [0.2, 0.25) is 0 Å². The topological polar surface area (TPSA) is 263 Å². The number of pyridine rings is 8. The Labute approximate surface area is 869 Å². The van der Waals surface area contributed by atoms with Crippen LogP contribution in [-0.2, 0) is 50.7 Å². The van der Waals surface area contributed by atoms with Crippen LogP contribution in [0.15, 0.2) is 184 Å². The minimum Gasteiger partial charge on any atom is -0.354 e. The monoisotopic (exact) mass is 1980 g/mol. The Morgan fingerprint density at radius 1 is 0.236 bits per heavy atom. The number of benzene rings is 12. The number of hydrogen-bond acceptors (Lipinski definition) is 8. The van der Waals surface area contributed by atoms with Gasteiger partial charge < -0.3 is 39.9 Å². The molecule has 0 saturated heterocycles. The number of fused-ring (bicyclic) bond motifs is 16. The number of rotatable bonds is 7. The molecule has 16 heteroatoms. The Balaban J connectivity index is 0.000000146. The van der Waals surface area contributed by atoms with Crippen molar-refractivity contribution in [1.29, 1.82) is 0 Å². The summed E-state index contributed by atoms with van der Waals surface area (Å²) in [5.74, 6) is 0.862. The summed E-state index contributed by atoms with van der Waals surface area (Å²) >= 11 is 0. The molecule has 8 N–H and O–H groups in total. The van der Waals surface area contributed by atoms with E-state index in [1.807, 2.05) is 126 Å². The molecule has 16 nitrogen and oxygen atoms in total. The van der Waals surface area contributed by atoms with E-state index in [1.165, 1.54) is 17.5 Å². The predicted molar refractivity (Wildman–Crippen MR) is 638 cm³/mol. The van der Waals surface area contributed by atoms with Crippen LogP contribution in [0.1, 0.15) is 355 Å². The highest BCUT2D eigenvalue weighted by Crippen LogP contribution is 2.43. The molecule has 772 valence electrons. The first-order valence-electron chi connectivity index (χ1n) is 53.6. The van der Waals surface area contributed by atoms with Crippen molar-refractivity contribution in [2.45, 2.75) is 344 Å². The lowest BCUT2D eigenvalue weighted by molar-refractivity contribution is 0.572. The van der Waals surface area contributed by atoms with Gasteiger partial charge in [-0.15, -0.1) is 0 Å². The highest BCUT2D eigenvalue weighted by atomic mass is 16.1. The zero-order chi connectivity index (χ0) is 109. The summed E-state index contributed by atoms with van der Waals surface area (Å²) in [6, 6.07) is 48.4. The lowest BCUT2D eigenvalue weighted by atomic mass is 9.78. The van der Waals surface area contributed by atoms with E-state index in [2.05, 4.69) is 315 Å². The second kappa shape index (κ2) is 39.8. The highest BCUT2D eigenvalue weighted by molar-refractivity contribution is 6.10. The predicted octanol–water partition coefficient (Wildman–Crippen LogP) is 32.7. The van der Waals surface area contributed by atoms with Crippen LogP contribution in [0.3, 0.4) is 0 Å². The van der Waals surface area contributed by atoms with Crippen LogP contribution >= 0.6 is 0 Å². The number of aryl methyl sites for hydroxylation is 6. The van der Waals surface area contributed by atoms with Crippen LogP contribution in [0.4, 0.5) is 0 Å². The summed E-state index contributed by atoms with van der Waals surface area (Å²) in [6.45, 7) is 78.8. The van der Waals surface area contributed by atoms with Gasteiger partial charge in [-0.2, -0.15) is 0 Å². The largest absolute Gasteiger partial charge is 0.354 e. The van der Waals surface area contributed by atoms with Gasteiger partial charge in [0.05, 0.1) is 99.0 Å². The molecule has 0 aliphatic carbocycles. The minimum absolute atomic E-state index is 0.00195. The first-order valence-corrected chi connectivity index (χ1v) is 53.6. The average Bonchev–Trinajstić information content (AvgIpc) is 0.720. The average molecular weight is 1980 g/mol. The van der Waals surface area contributed by atoms with E-state index in [-0.39, 0.29) is 93.2 Å². The molecule has 0 atom stereocenters. The Hall–Kier alpha value is -13.6. The first kappa shape index (κ1) is 109. The zero-order valence-corrected chi connectivity index (χ0v) is 94.9. The van der Waals surface area contributed by atoms with Crippen LogP contribution in [0.5, 0.6) is 0 Å². The van der Waals surface area contributed by atoms with Crippen molar-refractivity contribution >= 4 is 174 Å². The van der Waals surface area contributed by atoms with Gasteiger partial charge in [-0.3, -0.25) is 38.4 Å². The zero-order valence-electron chi connectivity index (χ0n) is 94.9. The van der Waals surface area contributed by atoms with E-state index in [1.54, 1.807) is 0 Å². The maximum atomic E-state index is 14.3. The number of H-pyrrole nitrogens is 8. The summed E-state index contributed by atoms with van der Waals surface area (Å²) in [7, 11) is 0. The third kappa shape index (κ3) is 20.2. The molecule has 0 aliphatic rings. The van der Waals surface area contributed by atoms with E-state index < -0.39 is 0 Å². The minimum atomic E-state index is -0.207. The van der Waals surface area contributed by atoms with Gasteiger partial charge in [0, 0.05) is 75.4 Å². The fourth-order valence-electron chi connectivity index (χ4n) is 21.7. The van der Waals surface area contributed by atoms with Crippen LogP contribution in [-0.4, -0.2) is 39.9 Å². The van der Waals surface area contributed by atoms with E-state index >= 15 is 0 Å². The van der Waals surface area contributed by atoms with Gasteiger partial charge in [0.15, 0.2) is 43.4 Å². The van der Waals surface area contributed by atoms with Crippen LogP contribution in [0.2, 0.25) is 0 Å². The fraction of sp³-hybridized carbons (Fsp3) is 0.394. The summed E-state index contributed by atoms with van der Waals surface area (Å²) in [5.41, 5.74) is 28.9. The molecule has 148 heavy (non-hydrogen) atoms. The third-order valence-electron chi connectivity index (χ3n) is 29.4. The smallest absolute Gasteiger partial charge is 0.197 e. The van der Waals surface area contributed by atoms with E-state index in [0.717, 1.165) is 164 Å². The Morgan fingerprint density at radius 3 is 0.858 bits per heavy atom. The molecule has 0 unspecified atom stereocenters. The van der Waals surface area contributed by atoms with E-state index in [9.17, 15) is 38.4 Å². The lowest BCUT2D eigenvalue weighted by Gasteiger charge is -2.27. The SMILES string of the molecule is CC.CC(C)(C)c1ccc(C(C)(C)C)c2c(=O)c3cc4[nH]c5c(C(C)(C)C)ccc(C(C)(C)C)c5c(=O)c4cc3[nH]c12.CCC.CCCc1cc(CCC)c2[nH]c3cc4c(=O)c5cc(C)cc(C)c5[nH]c4cc3c(=O)c2c1.Cc1cc(C(C)(C)C)c2[nH]c3cc4c(=O)c5cc(C(C)(C)C)cc(C(C)(C)C)c5[nH]c4cc3c(=O)c2c1.Cc1cc(C(C)C)c2[nH]c3cc4c(=O)c5cc(C(C)C)cc(C(C)C)c5[nH]c4cc3c(=O)c2c1. The Kier molecular flexibility index (Phi) is 29.2. The van der Waals surface area contributed by atoms with Crippen molar-refractivity contribution in [3.8, 4) is 0 Å². The molecule has 0 saturated carbocycles. The molecule has 12 aromatic carbocycles. The number of aromatic amines is 8. The molecule has 0 aliphatic heterocycles. The van der Waals surface area contributed by atoms with Gasteiger partial charge in [0.1, 0.15) is 0 Å². The van der Waals surface area contributed by atoms with Crippen molar-refractivity contribution in [3.05, 3.63) is 316 Å². The normalized spacial score (nSPS) is 12.6. The standard InChI is InChI=1S/C36H44N2O2.C33H38N2O2.C30H32N2O2.C28H28N2O2.C3H8.C2H6/c1-33(2,3)21-13-15-23(35(7,8)9)29-27(21)31(39)19-17-26-20(18-25(19)37-29)32(40)28-22(34(4,5)6)14-16-24(30(28)38-26)36(10,11)12;1-17-11-21-27(23(12-17)32(5,6)7)34-25-16-20-26(15-19(25)29(21)36)35-28-22(30(20)37)13-18(31(2,3)4)14-24(28)33(8,9)10;1-14(2)18-10-20(16(5)6)28-24(11-18)30(34)22-13-25-21(12-26(22)32-28)29(33)23-9-17(7)8-19(15(3)4)27(23)31-25;1-5-7-17-11-18(8-6-2)26-22(12-17)28(32)20-13-23-19(14-24(20)30-26)27(31)21-10-15(3)9-16(4)25(21)29-23;1-3-2;1-2/h13-18H,1-12H3,(H,37,39)(H,38,40);11-16H,1-10H3,(H,34,36)(H,35,37);8-16H,1-7H3,(H,31,33)(H,32,34);9-14H,5-8H2,1-4H3,(H,29,31)(H,30,32);3H2,1-2H3;1-2H3.